The molecule has 0 atom stereocenters. The quantitative estimate of drug-likeness (QED) is 0.797. The summed E-state index contributed by atoms with van der Waals surface area (Å²) in [6.45, 7) is 9.47. The first-order valence-corrected chi connectivity index (χ1v) is 8.25. The van der Waals surface area contributed by atoms with Gasteiger partial charge in [0.05, 0.1) is 12.2 Å². The van der Waals surface area contributed by atoms with Crippen LogP contribution >= 0.6 is 0 Å². The van der Waals surface area contributed by atoms with Crippen LogP contribution in [0.3, 0.4) is 0 Å². The predicted molar refractivity (Wildman–Crippen MR) is 84.7 cm³/mol. The van der Waals surface area contributed by atoms with E-state index in [1.54, 1.807) is 0 Å². The van der Waals surface area contributed by atoms with Gasteiger partial charge in [0, 0.05) is 19.3 Å². The van der Waals surface area contributed by atoms with E-state index in [4.69, 9.17) is 4.74 Å². The molecule has 1 spiro atoms. The summed E-state index contributed by atoms with van der Waals surface area (Å²) in [5, 5.41) is 4.43. The molecule has 2 aliphatic rings. The second-order valence-corrected chi connectivity index (χ2v) is 8.03. The number of rotatable bonds is 1. The average molecular weight is 305 g/mol. The smallest absolute Gasteiger partial charge is 0.410 e. The van der Waals surface area contributed by atoms with Gasteiger partial charge in [-0.05, 0) is 64.4 Å². The minimum absolute atomic E-state index is 0.166. The Morgan fingerprint density at radius 3 is 2.45 bits per heavy atom. The van der Waals surface area contributed by atoms with Crippen LogP contribution in [0.5, 0.6) is 0 Å². The van der Waals surface area contributed by atoms with Gasteiger partial charge in [0.1, 0.15) is 5.60 Å². The predicted octanol–water partition coefficient (Wildman–Crippen LogP) is 3.54. The molecule has 5 heteroatoms. The molecule has 1 aliphatic heterocycles. The lowest BCUT2D eigenvalue weighted by molar-refractivity contribution is -0.0258. The largest absolute Gasteiger partial charge is 0.444 e. The standard InChI is InChI=1S/C17H27N3O2/c1-13-11-18-20(12-13)14-9-17(10-14)5-7-19(8-6-17)15(21)22-16(2,3)4/h11-12,14H,5-10H2,1-4H3. The van der Waals surface area contributed by atoms with Gasteiger partial charge >= 0.3 is 6.09 Å². The molecular weight excluding hydrogens is 278 g/mol. The normalized spacial score (nSPS) is 21.7. The van der Waals surface area contributed by atoms with Crippen molar-refractivity contribution in [1.82, 2.24) is 14.7 Å². The maximum absolute atomic E-state index is 12.1. The lowest BCUT2D eigenvalue weighted by Gasteiger charge is -2.52. The zero-order valence-electron chi connectivity index (χ0n) is 14.1. The third-order valence-electron chi connectivity index (χ3n) is 4.92. The number of ether oxygens (including phenoxy) is 1. The van der Waals surface area contributed by atoms with Crippen LogP contribution in [0.4, 0.5) is 4.79 Å². The van der Waals surface area contributed by atoms with Crippen molar-refractivity contribution in [3.05, 3.63) is 18.0 Å². The van der Waals surface area contributed by atoms with Crippen LogP contribution in [0.2, 0.25) is 0 Å². The Balaban J connectivity index is 1.50. The van der Waals surface area contributed by atoms with Gasteiger partial charge in [-0.25, -0.2) is 4.79 Å². The summed E-state index contributed by atoms with van der Waals surface area (Å²) < 4.78 is 7.58. The van der Waals surface area contributed by atoms with E-state index in [1.807, 2.05) is 31.9 Å². The Morgan fingerprint density at radius 1 is 1.32 bits per heavy atom. The van der Waals surface area contributed by atoms with Crippen LogP contribution in [0.15, 0.2) is 12.4 Å². The highest BCUT2D eigenvalue weighted by Crippen LogP contribution is 2.54. The van der Waals surface area contributed by atoms with Crippen LogP contribution in [-0.4, -0.2) is 39.5 Å². The molecule has 1 aliphatic carbocycles. The van der Waals surface area contributed by atoms with Crippen LogP contribution < -0.4 is 0 Å². The molecule has 22 heavy (non-hydrogen) atoms. The van der Waals surface area contributed by atoms with Gasteiger partial charge in [0.15, 0.2) is 0 Å². The van der Waals surface area contributed by atoms with E-state index < -0.39 is 5.60 Å². The Hall–Kier alpha value is -1.52. The minimum atomic E-state index is -0.411. The number of carbonyl (C=O) groups is 1. The van der Waals surface area contributed by atoms with E-state index in [2.05, 4.69) is 22.9 Å². The molecule has 0 unspecified atom stereocenters. The fraction of sp³-hybridized carbons (Fsp3) is 0.765. The van der Waals surface area contributed by atoms with E-state index >= 15 is 0 Å². The van der Waals surface area contributed by atoms with Crippen molar-refractivity contribution in [2.45, 2.75) is 65.0 Å². The average Bonchev–Trinajstić information content (AvgIpc) is 2.80. The van der Waals surface area contributed by atoms with Crippen molar-refractivity contribution in [3.8, 4) is 0 Å². The molecule has 1 aromatic heterocycles. The van der Waals surface area contributed by atoms with Crippen LogP contribution in [-0.2, 0) is 4.74 Å². The molecular formula is C17H27N3O2. The highest BCUT2D eigenvalue weighted by Gasteiger charge is 2.47. The highest BCUT2D eigenvalue weighted by atomic mass is 16.6. The molecule has 2 heterocycles. The summed E-state index contributed by atoms with van der Waals surface area (Å²) in [5.74, 6) is 0. The molecule has 122 valence electrons. The lowest BCUT2D eigenvalue weighted by atomic mass is 9.60. The first kappa shape index (κ1) is 15.4. The molecule has 0 radical (unpaired) electrons. The summed E-state index contributed by atoms with van der Waals surface area (Å²) in [6.07, 6.45) is 8.45. The number of carbonyl (C=O) groups excluding carboxylic acids is 1. The highest BCUT2D eigenvalue weighted by molar-refractivity contribution is 5.68. The Kier molecular flexibility index (Phi) is 3.69. The number of hydrogen-bond donors (Lipinski definition) is 0. The monoisotopic (exact) mass is 305 g/mol. The lowest BCUT2D eigenvalue weighted by Crippen LogP contribution is -2.50. The van der Waals surface area contributed by atoms with Gasteiger partial charge in [-0.15, -0.1) is 0 Å². The van der Waals surface area contributed by atoms with E-state index in [0.29, 0.717) is 11.5 Å². The molecule has 2 fully saturated rings. The molecule has 3 rings (SSSR count). The fourth-order valence-corrected chi connectivity index (χ4v) is 3.66. The Morgan fingerprint density at radius 2 is 1.95 bits per heavy atom. The molecule has 0 bridgehead atoms. The van der Waals surface area contributed by atoms with E-state index in [1.165, 1.54) is 18.4 Å². The Labute approximate surface area is 132 Å². The van der Waals surface area contributed by atoms with Gasteiger partial charge in [-0.1, -0.05) is 0 Å². The molecule has 1 saturated heterocycles. The minimum Gasteiger partial charge on any atom is -0.444 e. The van der Waals surface area contributed by atoms with Crippen molar-refractivity contribution in [2.24, 2.45) is 5.41 Å². The second-order valence-electron chi connectivity index (χ2n) is 8.03. The summed E-state index contributed by atoms with van der Waals surface area (Å²) in [6, 6.07) is 0.543. The van der Waals surface area contributed by atoms with Crippen molar-refractivity contribution in [1.29, 1.82) is 0 Å². The molecule has 1 saturated carbocycles. The summed E-state index contributed by atoms with van der Waals surface area (Å²) in [4.78, 5) is 14.0. The topological polar surface area (TPSA) is 47.4 Å². The van der Waals surface area contributed by atoms with Crippen LogP contribution in [0.1, 0.15) is 58.1 Å². The van der Waals surface area contributed by atoms with Gasteiger partial charge < -0.3 is 9.64 Å². The second kappa shape index (κ2) is 5.28. The number of nitrogens with zero attached hydrogens (tertiary/aromatic N) is 3. The summed E-state index contributed by atoms with van der Waals surface area (Å²) >= 11 is 0. The summed E-state index contributed by atoms with van der Waals surface area (Å²) in [7, 11) is 0. The van der Waals surface area contributed by atoms with Gasteiger partial charge in [0.25, 0.3) is 0 Å². The molecule has 1 aromatic rings. The number of aryl methyl sites for hydroxylation is 1. The zero-order chi connectivity index (χ0) is 16.0. The molecule has 1 amide bonds. The van der Waals surface area contributed by atoms with Gasteiger partial charge in [-0.3, -0.25) is 4.68 Å². The first-order chi connectivity index (χ1) is 10.3. The number of piperidine rings is 1. The number of aromatic nitrogens is 2. The van der Waals surface area contributed by atoms with E-state index in [-0.39, 0.29) is 6.09 Å². The van der Waals surface area contributed by atoms with Crippen molar-refractivity contribution in [2.75, 3.05) is 13.1 Å². The van der Waals surface area contributed by atoms with E-state index in [9.17, 15) is 4.79 Å². The maximum atomic E-state index is 12.1. The SMILES string of the molecule is Cc1cnn(C2CC3(CCN(C(=O)OC(C)(C)C)CC3)C2)c1. The first-order valence-electron chi connectivity index (χ1n) is 8.25. The van der Waals surface area contributed by atoms with Gasteiger partial charge in [-0.2, -0.15) is 5.10 Å². The van der Waals surface area contributed by atoms with E-state index in [0.717, 1.165) is 25.9 Å². The fourth-order valence-electron chi connectivity index (χ4n) is 3.66. The van der Waals surface area contributed by atoms with Crippen LogP contribution in [0.25, 0.3) is 0 Å². The number of likely N-dealkylation sites (tertiary alicyclic amines) is 1. The summed E-state index contributed by atoms with van der Waals surface area (Å²) in [5.41, 5.74) is 1.23. The molecule has 5 nitrogen and oxygen atoms in total. The van der Waals surface area contributed by atoms with Gasteiger partial charge in [0.2, 0.25) is 0 Å². The third-order valence-corrected chi connectivity index (χ3v) is 4.92. The molecule has 0 N–H and O–H groups in total. The van der Waals surface area contributed by atoms with Crippen molar-refractivity contribution >= 4 is 6.09 Å². The van der Waals surface area contributed by atoms with Crippen molar-refractivity contribution in [3.63, 3.8) is 0 Å². The Bertz CT molecular complexity index is 542. The number of hydrogen-bond acceptors (Lipinski definition) is 3. The maximum Gasteiger partial charge on any atom is 0.410 e. The number of amides is 1. The van der Waals surface area contributed by atoms with Crippen LogP contribution in [0, 0.1) is 12.3 Å². The zero-order valence-corrected chi connectivity index (χ0v) is 14.1. The third kappa shape index (κ3) is 3.13. The molecule has 0 aromatic carbocycles. The van der Waals surface area contributed by atoms with Crippen molar-refractivity contribution < 1.29 is 9.53 Å².